The monoisotopic (exact) mass is 283 g/mol. The molecule has 2 aromatic rings. The highest BCUT2D eigenvalue weighted by atomic mass is 35.5. The summed E-state index contributed by atoms with van der Waals surface area (Å²) in [6.45, 7) is 1.73. The molecule has 0 aromatic heterocycles. The van der Waals surface area contributed by atoms with Gasteiger partial charge < -0.3 is 10.4 Å². The lowest BCUT2D eigenvalue weighted by atomic mass is 10.1. The van der Waals surface area contributed by atoms with E-state index in [9.17, 15) is 13.9 Å². The van der Waals surface area contributed by atoms with Gasteiger partial charge in [-0.05, 0) is 25.1 Å². The van der Waals surface area contributed by atoms with Gasteiger partial charge in [-0.15, -0.1) is 0 Å². The third-order valence-electron chi connectivity index (χ3n) is 2.78. The first-order valence-electron chi connectivity index (χ1n) is 5.68. The average Bonchev–Trinajstić information content (AvgIpc) is 2.34. The summed E-state index contributed by atoms with van der Waals surface area (Å²) >= 11 is 5.68. The fourth-order valence-corrected chi connectivity index (χ4v) is 1.98. The third kappa shape index (κ3) is 2.96. The Bertz CT molecular complexity index is 604. The van der Waals surface area contributed by atoms with Crippen LogP contribution in [0.4, 0.5) is 14.5 Å². The van der Waals surface area contributed by atoms with Gasteiger partial charge in [0.15, 0.2) is 5.82 Å². The Morgan fingerprint density at radius 2 is 1.95 bits per heavy atom. The molecule has 0 saturated carbocycles. The first kappa shape index (κ1) is 13.6. The highest BCUT2D eigenvalue weighted by molar-refractivity contribution is 6.31. The predicted molar refractivity (Wildman–Crippen MR) is 71.5 cm³/mol. The van der Waals surface area contributed by atoms with E-state index in [1.54, 1.807) is 13.0 Å². The molecule has 1 unspecified atom stereocenters. The van der Waals surface area contributed by atoms with Crippen LogP contribution >= 0.6 is 11.6 Å². The molecule has 100 valence electrons. The fraction of sp³-hybridized carbons (Fsp3) is 0.143. The zero-order valence-electron chi connectivity index (χ0n) is 10.1. The summed E-state index contributed by atoms with van der Waals surface area (Å²) < 4.78 is 26.6. The Kier molecular flexibility index (Phi) is 3.90. The zero-order valence-corrected chi connectivity index (χ0v) is 10.9. The van der Waals surface area contributed by atoms with Crippen LogP contribution in [0.25, 0.3) is 0 Å². The summed E-state index contributed by atoms with van der Waals surface area (Å²) in [7, 11) is 0. The van der Waals surface area contributed by atoms with E-state index in [1.165, 1.54) is 24.3 Å². The van der Waals surface area contributed by atoms with Crippen LogP contribution in [0.1, 0.15) is 18.5 Å². The van der Waals surface area contributed by atoms with Crippen LogP contribution in [0.3, 0.4) is 0 Å². The summed E-state index contributed by atoms with van der Waals surface area (Å²) in [6, 6.07) is 7.91. The quantitative estimate of drug-likeness (QED) is 0.869. The lowest BCUT2D eigenvalue weighted by Crippen LogP contribution is -2.08. The number of hydrogen-bond acceptors (Lipinski definition) is 2. The van der Waals surface area contributed by atoms with E-state index in [1.807, 2.05) is 0 Å². The van der Waals surface area contributed by atoms with Crippen LogP contribution in [0.2, 0.25) is 5.02 Å². The number of phenols is 1. The van der Waals surface area contributed by atoms with Crippen molar-refractivity contribution >= 4 is 17.3 Å². The Balaban J connectivity index is 2.25. The van der Waals surface area contributed by atoms with E-state index in [4.69, 9.17) is 11.6 Å². The molecule has 0 amide bonds. The van der Waals surface area contributed by atoms with E-state index >= 15 is 0 Å². The van der Waals surface area contributed by atoms with Crippen molar-refractivity contribution in [2.75, 3.05) is 5.32 Å². The van der Waals surface area contributed by atoms with E-state index in [2.05, 4.69) is 5.32 Å². The minimum atomic E-state index is -0.558. The number of nitrogens with one attached hydrogen (secondary N) is 1. The molecule has 0 heterocycles. The van der Waals surface area contributed by atoms with Crippen molar-refractivity contribution in [1.82, 2.24) is 0 Å². The second-order valence-electron chi connectivity index (χ2n) is 4.17. The van der Waals surface area contributed by atoms with Gasteiger partial charge >= 0.3 is 0 Å². The maximum Gasteiger partial charge on any atom is 0.164 e. The number of anilines is 1. The summed E-state index contributed by atoms with van der Waals surface area (Å²) in [5.41, 5.74) is 0.699. The first-order valence-corrected chi connectivity index (χ1v) is 6.06. The van der Waals surface area contributed by atoms with Gasteiger partial charge in [0, 0.05) is 11.6 Å². The van der Waals surface area contributed by atoms with Crippen molar-refractivity contribution in [3.05, 3.63) is 58.6 Å². The Hall–Kier alpha value is -1.81. The van der Waals surface area contributed by atoms with Crippen molar-refractivity contribution in [3.63, 3.8) is 0 Å². The van der Waals surface area contributed by atoms with Crippen molar-refractivity contribution in [2.45, 2.75) is 13.0 Å². The van der Waals surface area contributed by atoms with Crippen molar-refractivity contribution in [2.24, 2.45) is 0 Å². The Labute approximate surface area is 114 Å². The van der Waals surface area contributed by atoms with Crippen LogP contribution in [-0.4, -0.2) is 5.11 Å². The van der Waals surface area contributed by atoms with Crippen LogP contribution in [-0.2, 0) is 0 Å². The van der Waals surface area contributed by atoms with E-state index in [0.29, 0.717) is 5.56 Å². The average molecular weight is 284 g/mol. The molecule has 0 aliphatic carbocycles. The molecule has 2 N–H and O–H groups in total. The molecular weight excluding hydrogens is 272 g/mol. The van der Waals surface area contributed by atoms with Crippen LogP contribution in [0.5, 0.6) is 5.75 Å². The largest absolute Gasteiger partial charge is 0.507 e. The second kappa shape index (κ2) is 5.45. The minimum Gasteiger partial charge on any atom is -0.507 e. The smallest absolute Gasteiger partial charge is 0.164 e. The minimum absolute atomic E-state index is 0.0144. The molecule has 5 heteroatoms. The predicted octanol–water partition coefficient (Wildman–Crippen LogP) is 4.50. The molecule has 2 rings (SSSR count). The summed E-state index contributed by atoms with van der Waals surface area (Å²) in [4.78, 5) is 0. The molecule has 0 aliphatic heterocycles. The topological polar surface area (TPSA) is 32.3 Å². The maximum absolute atomic E-state index is 13.7. The second-order valence-corrected chi connectivity index (χ2v) is 4.58. The van der Waals surface area contributed by atoms with Gasteiger partial charge in [-0.2, -0.15) is 0 Å². The molecule has 0 spiro atoms. The van der Waals surface area contributed by atoms with Crippen molar-refractivity contribution < 1.29 is 13.9 Å². The number of benzene rings is 2. The lowest BCUT2D eigenvalue weighted by molar-refractivity contribution is 0.459. The number of aromatic hydroxyl groups is 1. The number of rotatable bonds is 3. The number of halogens is 3. The third-order valence-corrected chi connectivity index (χ3v) is 3.07. The highest BCUT2D eigenvalue weighted by Gasteiger charge is 2.14. The van der Waals surface area contributed by atoms with Gasteiger partial charge in [-0.1, -0.05) is 23.7 Å². The Morgan fingerprint density at radius 3 is 2.63 bits per heavy atom. The molecule has 0 aliphatic rings. The van der Waals surface area contributed by atoms with E-state index in [-0.39, 0.29) is 16.5 Å². The van der Waals surface area contributed by atoms with Crippen molar-refractivity contribution in [1.29, 1.82) is 0 Å². The molecule has 0 saturated heterocycles. The van der Waals surface area contributed by atoms with Gasteiger partial charge in [0.05, 0.1) is 16.8 Å². The highest BCUT2D eigenvalue weighted by Crippen LogP contribution is 2.30. The van der Waals surface area contributed by atoms with E-state index < -0.39 is 17.7 Å². The summed E-state index contributed by atoms with van der Waals surface area (Å²) in [5.74, 6) is -1.26. The molecule has 2 aromatic carbocycles. The number of hydrogen-bond donors (Lipinski definition) is 2. The Morgan fingerprint density at radius 1 is 1.21 bits per heavy atom. The van der Waals surface area contributed by atoms with Gasteiger partial charge in [-0.25, -0.2) is 8.78 Å². The standard InChI is InChI=1S/C14H12ClF2NO/c1-8(10-6-5-9(16)7-13(10)19)18-12-4-2-3-11(15)14(12)17/h2-8,18-19H,1H3. The number of phenolic OH excluding ortho intramolecular Hbond substituents is 1. The van der Waals surface area contributed by atoms with Gasteiger partial charge in [-0.3, -0.25) is 0 Å². The molecular formula is C14H12ClF2NO. The lowest BCUT2D eigenvalue weighted by Gasteiger charge is -2.17. The SMILES string of the molecule is CC(Nc1cccc(Cl)c1F)c1ccc(F)cc1O. The first-order chi connectivity index (χ1) is 8.99. The summed E-state index contributed by atoms with van der Waals surface area (Å²) in [6.07, 6.45) is 0. The van der Waals surface area contributed by atoms with Gasteiger partial charge in [0.25, 0.3) is 0 Å². The molecule has 2 nitrogen and oxygen atoms in total. The van der Waals surface area contributed by atoms with Crippen LogP contribution in [0, 0.1) is 11.6 Å². The van der Waals surface area contributed by atoms with Gasteiger partial charge in [0.2, 0.25) is 0 Å². The van der Waals surface area contributed by atoms with Crippen molar-refractivity contribution in [3.8, 4) is 5.75 Å². The summed E-state index contributed by atoms with van der Waals surface area (Å²) in [5, 5.41) is 12.6. The normalized spacial score (nSPS) is 12.2. The van der Waals surface area contributed by atoms with Crippen LogP contribution < -0.4 is 5.32 Å². The maximum atomic E-state index is 13.7. The van der Waals surface area contributed by atoms with Gasteiger partial charge in [0.1, 0.15) is 11.6 Å². The molecule has 0 fully saturated rings. The fourth-order valence-electron chi connectivity index (χ4n) is 1.81. The molecule has 0 radical (unpaired) electrons. The molecule has 0 bridgehead atoms. The van der Waals surface area contributed by atoms with Crippen LogP contribution in [0.15, 0.2) is 36.4 Å². The van der Waals surface area contributed by atoms with E-state index in [0.717, 1.165) is 6.07 Å². The molecule has 1 atom stereocenters. The zero-order chi connectivity index (χ0) is 14.0. The molecule has 19 heavy (non-hydrogen) atoms.